The first-order valence-electron chi connectivity index (χ1n) is 6.59. The van der Waals surface area contributed by atoms with Crippen molar-refractivity contribution in [3.8, 4) is 0 Å². The molecule has 0 saturated heterocycles. The maximum absolute atomic E-state index is 13.6. The summed E-state index contributed by atoms with van der Waals surface area (Å²) >= 11 is 5.86. The zero-order valence-electron chi connectivity index (χ0n) is 10.7. The zero-order valence-corrected chi connectivity index (χ0v) is 11.5. The van der Waals surface area contributed by atoms with Crippen molar-refractivity contribution in [2.24, 2.45) is 0 Å². The van der Waals surface area contributed by atoms with E-state index in [-0.39, 0.29) is 17.7 Å². The Hall–Kier alpha value is -1.61. The van der Waals surface area contributed by atoms with Gasteiger partial charge in [-0.3, -0.25) is 0 Å². The quantitative estimate of drug-likeness (QED) is 0.842. The first kappa shape index (κ1) is 13.4. The van der Waals surface area contributed by atoms with Crippen molar-refractivity contribution in [2.75, 3.05) is 5.32 Å². The van der Waals surface area contributed by atoms with E-state index in [1.807, 2.05) is 12.1 Å². The van der Waals surface area contributed by atoms with E-state index >= 15 is 0 Å². The molecule has 4 heteroatoms. The summed E-state index contributed by atoms with van der Waals surface area (Å²) in [5.41, 5.74) is 1.58. The molecule has 0 radical (unpaired) electrons. The molecule has 2 aromatic carbocycles. The van der Waals surface area contributed by atoms with Crippen LogP contribution in [0.3, 0.4) is 0 Å². The van der Waals surface area contributed by atoms with Crippen LogP contribution < -0.4 is 5.32 Å². The van der Waals surface area contributed by atoms with Gasteiger partial charge in [-0.05, 0) is 54.7 Å². The third kappa shape index (κ3) is 2.78. The van der Waals surface area contributed by atoms with Crippen LogP contribution in [0.1, 0.15) is 24.3 Å². The number of hydrogen-bond acceptors (Lipinski definition) is 1. The maximum Gasteiger partial charge on any atom is 0.146 e. The van der Waals surface area contributed by atoms with E-state index in [0.717, 1.165) is 18.4 Å². The second-order valence-electron chi connectivity index (χ2n) is 5.19. The molecule has 0 heterocycles. The van der Waals surface area contributed by atoms with Gasteiger partial charge in [0.15, 0.2) is 0 Å². The molecule has 104 valence electrons. The van der Waals surface area contributed by atoms with Crippen LogP contribution in [0.4, 0.5) is 14.5 Å². The number of rotatable bonds is 3. The number of anilines is 1. The van der Waals surface area contributed by atoms with Crippen molar-refractivity contribution in [2.45, 2.75) is 24.8 Å². The monoisotopic (exact) mass is 293 g/mol. The van der Waals surface area contributed by atoms with E-state index in [9.17, 15) is 8.78 Å². The summed E-state index contributed by atoms with van der Waals surface area (Å²) in [6.45, 7) is 0. The Kier molecular flexibility index (Phi) is 3.62. The van der Waals surface area contributed by atoms with Gasteiger partial charge in [0, 0.05) is 11.1 Å². The lowest BCUT2D eigenvalue weighted by molar-refractivity contribution is 0.372. The fraction of sp³-hybridized carbons (Fsp3) is 0.250. The molecule has 1 fully saturated rings. The fourth-order valence-electron chi connectivity index (χ4n) is 2.57. The summed E-state index contributed by atoms with van der Waals surface area (Å²) in [6.07, 6.45) is 1.83. The van der Waals surface area contributed by atoms with Crippen LogP contribution in [0.15, 0.2) is 42.5 Å². The molecule has 0 aromatic heterocycles. The molecular formula is C16H14ClF2N. The molecule has 1 saturated carbocycles. The third-order valence-electron chi connectivity index (χ3n) is 3.77. The summed E-state index contributed by atoms with van der Waals surface area (Å²) in [5.74, 6) is -0.0984. The highest BCUT2D eigenvalue weighted by Crippen LogP contribution is 2.39. The maximum atomic E-state index is 13.6. The molecule has 1 aliphatic rings. The number of hydrogen-bond donors (Lipinski definition) is 1. The lowest BCUT2D eigenvalue weighted by atomic mass is 9.76. The lowest BCUT2D eigenvalue weighted by Crippen LogP contribution is -2.34. The summed E-state index contributed by atoms with van der Waals surface area (Å²) in [6, 6.07) is 11.3. The number of nitrogens with one attached hydrogen (secondary N) is 1. The molecule has 1 aliphatic carbocycles. The molecule has 0 spiro atoms. The largest absolute Gasteiger partial charge is 0.380 e. The van der Waals surface area contributed by atoms with Crippen LogP contribution in [0.2, 0.25) is 5.02 Å². The SMILES string of the molecule is Fc1ccc(C2CC(Nc3cc(Cl)ccc3F)C2)cc1. The number of benzene rings is 2. The molecule has 0 atom stereocenters. The van der Waals surface area contributed by atoms with E-state index in [0.29, 0.717) is 16.6 Å². The molecule has 20 heavy (non-hydrogen) atoms. The van der Waals surface area contributed by atoms with Gasteiger partial charge in [-0.25, -0.2) is 8.78 Å². The van der Waals surface area contributed by atoms with Gasteiger partial charge in [-0.2, -0.15) is 0 Å². The Labute approximate surface area is 121 Å². The predicted molar refractivity (Wildman–Crippen MR) is 77.2 cm³/mol. The predicted octanol–water partition coefficient (Wildman–Crippen LogP) is 4.98. The third-order valence-corrected chi connectivity index (χ3v) is 4.00. The Morgan fingerprint density at radius 3 is 2.40 bits per heavy atom. The van der Waals surface area contributed by atoms with Crippen LogP contribution in [0, 0.1) is 11.6 Å². The summed E-state index contributed by atoms with van der Waals surface area (Å²) in [5, 5.41) is 3.68. The second-order valence-corrected chi connectivity index (χ2v) is 5.62. The highest BCUT2D eigenvalue weighted by atomic mass is 35.5. The minimum absolute atomic E-state index is 0.219. The summed E-state index contributed by atoms with van der Waals surface area (Å²) in [7, 11) is 0. The Balaban J connectivity index is 1.60. The minimum atomic E-state index is -0.292. The highest BCUT2D eigenvalue weighted by molar-refractivity contribution is 6.30. The van der Waals surface area contributed by atoms with Crippen molar-refractivity contribution in [1.82, 2.24) is 0 Å². The molecule has 0 bridgehead atoms. The average Bonchev–Trinajstić information content (AvgIpc) is 2.39. The number of halogens is 3. The first-order valence-corrected chi connectivity index (χ1v) is 6.96. The van der Waals surface area contributed by atoms with Gasteiger partial charge >= 0.3 is 0 Å². The first-order chi connectivity index (χ1) is 9.61. The molecule has 0 unspecified atom stereocenters. The van der Waals surface area contributed by atoms with Crippen molar-refractivity contribution in [3.05, 3.63) is 64.7 Å². The molecule has 1 nitrogen and oxygen atoms in total. The molecule has 3 rings (SSSR count). The van der Waals surface area contributed by atoms with E-state index in [4.69, 9.17) is 11.6 Å². The Morgan fingerprint density at radius 2 is 1.70 bits per heavy atom. The zero-order chi connectivity index (χ0) is 14.1. The van der Waals surface area contributed by atoms with Gasteiger partial charge < -0.3 is 5.32 Å². The minimum Gasteiger partial charge on any atom is -0.380 e. The Morgan fingerprint density at radius 1 is 1.00 bits per heavy atom. The second kappa shape index (κ2) is 5.41. The van der Waals surface area contributed by atoms with Gasteiger partial charge in [0.2, 0.25) is 0 Å². The Bertz CT molecular complexity index is 606. The van der Waals surface area contributed by atoms with Crippen LogP contribution in [-0.2, 0) is 0 Å². The molecular weight excluding hydrogens is 280 g/mol. The van der Waals surface area contributed by atoms with Gasteiger partial charge in [0.25, 0.3) is 0 Å². The fourth-order valence-corrected chi connectivity index (χ4v) is 2.74. The summed E-state index contributed by atoms with van der Waals surface area (Å²) in [4.78, 5) is 0. The van der Waals surface area contributed by atoms with Crippen molar-refractivity contribution >= 4 is 17.3 Å². The van der Waals surface area contributed by atoms with Crippen molar-refractivity contribution in [1.29, 1.82) is 0 Å². The molecule has 0 aliphatic heterocycles. The van der Waals surface area contributed by atoms with Crippen LogP contribution in [0.5, 0.6) is 0 Å². The van der Waals surface area contributed by atoms with Crippen molar-refractivity contribution in [3.63, 3.8) is 0 Å². The highest BCUT2D eigenvalue weighted by Gasteiger charge is 2.30. The normalized spacial score (nSPS) is 21.4. The average molecular weight is 294 g/mol. The van der Waals surface area contributed by atoms with Gasteiger partial charge in [0.1, 0.15) is 11.6 Å². The van der Waals surface area contributed by atoms with E-state index in [1.54, 1.807) is 6.07 Å². The van der Waals surface area contributed by atoms with Crippen molar-refractivity contribution < 1.29 is 8.78 Å². The van der Waals surface area contributed by atoms with Crippen LogP contribution >= 0.6 is 11.6 Å². The van der Waals surface area contributed by atoms with E-state index < -0.39 is 0 Å². The van der Waals surface area contributed by atoms with Crippen LogP contribution in [0.25, 0.3) is 0 Å². The lowest BCUT2D eigenvalue weighted by Gasteiger charge is -2.37. The smallest absolute Gasteiger partial charge is 0.146 e. The molecule has 1 N–H and O–H groups in total. The van der Waals surface area contributed by atoms with E-state index in [2.05, 4.69) is 5.32 Å². The van der Waals surface area contributed by atoms with E-state index in [1.165, 1.54) is 24.3 Å². The van der Waals surface area contributed by atoms with Gasteiger partial charge in [-0.1, -0.05) is 23.7 Å². The standard InChI is InChI=1S/C16H14ClF2N/c17-12-3-6-15(19)16(9-12)20-14-7-11(8-14)10-1-4-13(18)5-2-10/h1-6,9,11,14,20H,7-8H2. The van der Waals surface area contributed by atoms with Gasteiger partial charge in [-0.15, -0.1) is 0 Å². The molecule has 0 amide bonds. The van der Waals surface area contributed by atoms with Crippen LogP contribution in [-0.4, -0.2) is 6.04 Å². The van der Waals surface area contributed by atoms with Gasteiger partial charge in [0.05, 0.1) is 5.69 Å². The molecule has 2 aromatic rings. The topological polar surface area (TPSA) is 12.0 Å². The summed E-state index contributed by atoms with van der Waals surface area (Å²) < 4.78 is 26.4.